The summed E-state index contributed by atoms with van der Waals surface area (Å²) in [6.45, 7) is 0.743. The van der Waals surface area contributed by atoms with Crippen molar-refractivity contribution in [3.63, 3.8) is 0 Å². The lowest BCUT2D eigenvalue weighted by molar-refractivity contribution is -0.141. The number of hydrogen-bond acceptors (Lipinski definition) is 3. The van der Waals surface area contributed by atoms with Crippen molar-refractivity contribution >= 4 is 23.6 Å². The van der Waals surface area contributed by atoms with Gasteiger partial charge in [0.05, 0.1) is 12.5 Å². The molecule has 110 valence electrons. The van der Waals surface area contributed by atoms with Crippen LogP contribution in [0, 0.1) is 29.6 Å². The number of thioether (sulfide) groups is 1. The monoisotopic (exact) mass is 295 g/mol. The molecule has 20 heavy (non-hydrogen) atoms. The molecular weight excluding hydrogens is 274 g/mol. The van der Waals surface area contributed by atoms with Crippen molar-refractivity contribution in [3.8, 4) is 0 Å². The number of carbonyl (C=O) groups excluding carboxylic acids is 1. The first-order valence-corrected chi connectivity index (χ1v) is 8.92. The van der Waals surface area contributed by atoms with E-state index in [0.29, 0.717) is 11.8 Å². The topological polar surface area (TPSA) is 57.6 Å². The highest BCUT2D eigenvalue weighted by Gasteiger charge is 2.68. The number of aliphatic carboxylic acids is 1. The van der Waals surface area contributed by atoms with Crippen LogP contribution in [0.3, 0.4) is 0 Å². The SMILES string of the molecule is O=C(O)CC1CSCCN1C(=O)C1C2C3CCC(C3)C12. The highest BCUT2D eigenvalue weighted by Crippen LogP contribution is 2.69. The average molecular weight is 295 g/mol. The molecule has 5 unspecified atom stereocenters. The minimum Gasteiger partial charge on any atom is -0.481 e. The van der Waals surface area contributed by atoms with Crippen LogP contribution in [0.5, 0.6) is 0 Å². The molecule has 4 nitrogen and oxygen atoms in total. The molecule has 3 aliphatic carbocycles. The van der Waals surface area contributed by atoms with E-state index in [2.05, 4.69) is 0 Å². The fourth-order valence-corrected chi connectivity index (χ4v) is 6.22. The Kier molecular flexibility index (Phi) is 3.02. The Bertz CT molecular complexity index is 438. The van der Waals surface area contributed by atoms with E-state index in [1.165, 1.54) is 19.3 Å². The molecule has 5 heteroatoms. The van der Waals surface area contributed by atoms with Crippen LogP contribution in [0.25, 0.3) is 0 Å². The first kappa shape index (κ1) is 13.0. The third-order valence-corrected chi connectivity index (χ3v) is 7.03. The van der Waals surface area contributed by atoms with Crippen LogP contribution < -0.4 is 0 Å². The molecule has 1 aliphatic heterocycles. The van der Waals surface area contributed by atoms with Gasteiger partial charge in [0.1, 0.15) is 0 Å². The molecule has 5 atom stereocenters. The van der Waals surface area contributed by atoms with E-state index >= 15 is 0 Å². The zero-order chi connectivity index (χ0) is 13.9. The number of carboxylic acid groups (broad SMARTS) is 1. The van der Waals surface area contributed by atoms with Gasteiger partial charge in [-0.3, -0.25) is 9.59 Å². The van der Waals surface area contributed by atoms with Crippen molar-refractivity contribution in [2.45, 2.75) is 31.7 Å². The van der Waals surface area contributed by atoms with E-state index in [1.54, 1.807) is 11.8 Å². The predicted molar refractivity (Wildman–Crippen MR) is 76.4 cm³/mol. The molecule has 0 aromatic carbocycles. The zero-order valence-electron chi connectivity index (χ0n) is 11.5. The second-order valence-corrected chi connectivity index (χ2v) is 8.02. The molecule has 1 heterocycles. The van der Waals surface area contributed by atoms with Gasteiger partial charge in [-0.05, 0) is 42.9 Å². The highest BCUT2D eigenvalue weighted by atomic mass is 32.2. The van der Waals surface area contributed by atoms with Gasteiger partial charge < -0.3 is 10.0 Å². The van der Waals surface area contributed by atoms with E-state index in [0.717, 1.165) is 29.9 Å². The van der Waals surface area contributed by atoms with Crippen LogP contribution in [0.2, 0.25) is 0 Å². The number of carboxylic acids is 1. The van der Waals surface area contributed by atoms with E-state index in [-0.39, 0.29) is 24.3 Å². The van der Waals surface area contributed by atoms with Gasteiger partial charge in [0, 0.05) is 24.0 Å². The zero-order valence-corrected chi connectivity index (χ0v) is 12.3. The molecule has 4 aliphatic rings. The summed E-state index contributed by atoms with van der Waals surface area (Å²) in [7, 11) is 0. The minimum absolute atomic E-state index is 0.0854. The molecule has 0 radical (unpaired) electrons. The fourth-order valence-electron chi connectivity index (χ4n) is 5.16. The lowest BCUT2D eigenvalue weighted by Gasteiger charge is -2.35. The Hall–Kier alpha value is -0.710. The van der Waals surface area contributed by atoms with Crippen molar-refractivity contribution in [1.29, 1.82) is 0 Å². The van der Waals surface area contributed by atoms with Crippen molar-refractivity contribution in [2.24, 2.45) is 29.6 Å². The Morgan fingerprint density at radius 3 is 2.55 bits per heavy atom. The van der Waals surface area contributed by atoms with Crippen molar-refractivity contribution < 1.29 is 14.7 Å². The summed E-state index contributed by atoms with van der Waals surface area (Å²) in [5, 5.41) is 9.03. The van der Waals surface area contributed by atoms with Gasteiger partial charge in [-0.2, -0.15) is 11.8 Å². The molecule has 0 aromatic rings. The molecule has 2 bridgehead atoms. The molecule has 4 fully saturated rings. The summed E-state index contributed by atoms with van der Waals surface area (Å²) in [6, 6.07) is -0.0854. The number of rotatable bonds is 3. The summed E-state index contributed by atoms with van der Waals surface area (Å²) in [4.78, 5) is 25.7. The molecule has 4 rings (SSSR count). The Morgan fingerprint density at radius 1 is 1.20 bits per heavy atom. The summed E-state index contributed by atoms with van der Waals surface area (Å²) < 4.78 is 0. The van der Waals surface area contributed by atoms with E-state index in [4.69, 9.17) is 5.11 Å². The van der Waals surface area contributed by atoms with E-state index in [1.807, 2.05) is 4.90 Å². The summed E-state index contributed by atoms with van der Waals surface area (Å²) in [6.07, 6.45) is 4.11. The van der Waals surface area contributed by atoms with Gasteiger partial charge in [0.25, 0.3) is 0 Å². The maximum Gasteiger partial charge on any atom is 0.305 e. The second-order valence-electron chi connectivity index (χ2n) is 6.87. The van der Waals surface area contributed by atoms with Gasteiger partial charge in [-0.1, -0.05) is 0 Å². The third-order valence-electron chi connectivity index (χ3n) is 5.94. The number of carbonyl (C=O) groups is 2. The largest absolute Gasteiger partial charge is 0.481 e. The molecule has 0 aromatic heterocycles. The number of nitrogens with zero attached hydrogens (tertiary/aromatic N) is 1. The first-order chi connectivity index (χ1) is 9.66. The normalized spacial score (nSPS) is 45.3. The van der Waals surface area contributed by atoms with E-state index < -0.39 is 5.97 Å². The lowest BCUT2D eigenvalue weighted by Crippen LogP contribution is -2.48. The van der Waals surface area contributed by atoms with Gasteiger partial charge in [-0.25, -0.2) is 0 Å². The smallest absolute Gasteiger partial charge is 0.305 e. The van der Waals surface area contributed by atoms with Crippen LogP contribution >= 0.6 is 11.8 Å². The number of amides is 1. The van der Waals surface area contributed by atoms with Crippen molar-refractivity contribution in [1.82, 2.24) is 4.90 Å². The highest BCUT2D eigenvalue weighted by molar-refractivity contribution is 7.99. The Morgan fingerprint density at radius 2 is 1.90 bits per heavy atom. The van der Waals surface area contributed by atoms with Gasteiger partial charge in [0.15, 0.2) is 0 Å². The predicted octanol–water partition coefficient (Wildman–Crippen LogP) is 1.70. The number of hydrogen-bond donors (Lipinski definition) is 1. The third kappa shape index (κ3) is 1.89. The summed E-state index contributed by atoms with van der Waals surface area (Å²) >= 11 is 1.78. The van der Waals surface area contributed by atoms with Crippen LogP contribution in [-0.4, -0.2) is 46.0 Å². The molecule has 1 amide bonds. The van der Waals surface area contributed by atoms with Gasteiger partial charge in [0.2, 0.25) is 5.91 Å². The second kappa shape index (κ2) is 4.65. The Labute approximate surface area is 123 Å². The van der Waals surface area contributed by atoms with E-state index in [9.17, 15) is 9.59 Å². The standard InChI is InChI=1S/C15H21NO3S/c17-11(18)6-10-7-20-4-3-16(10)15(19)14-12-8-1-2-9(5-8)13(12)14/h8-10,12-14H,1-7H2,(H,17,18). The quantitative estimate of drug-likeness (QED) is 0.861. The lowest BCUT2D eigenvalue weighted by atomic mass is 10.0. The molecule has 3 saturated carbocycles. The molecule has 1 N–H and O–H groups in total. The molecule has 1 saturated heterocycles. The van der Waals surface area contributed by atoms with Crippen molar-refractivity contribution in [3.05, 3.63) is 0 Å². The Balaban J connectivity index is 1.46. The average Bonchev–Trinajstić information content (AvgIpc) is 2.86. The van der Waals surface area contributed by atoms with Crippen LogP contribution in [0.4, 0.5) is 0 Å². The first-order valence-electron chi connectivity index (χ1n) is 7.77. The number of fused-ring (bicyclic) bond motifs is 5. The van der Waals surface area contributed by atoms with Gasteiger partial charge >= 0.3 is 5.97 Å². The van der Waals surface area contributed by atoms with Gasteiger partial charge in [-0.15, -0.1) is 0 Å². The minimum atomic E-state index is -0.786. The summed E-state index contributed by atoms with van der Waals surface area (Å²) in [5.41, 5.74) is 0. The molecule has 0 spiro atoms. The molecular formula is C15H21NO3S. The maximum atomic E-state index is 12.8. The van der Waals surface area contributed by atoms with Crippen molar-refractivity contribution in [2.75, 3.05) is 18.1 Å². The van der Waals surface area contributed by atoms with Crippen LogP contribution in [0.15, 0.2) is 0 Å². The summed E-state index contributed by atoms with van der Waals surface area (Å²) in [5.74, 6) is 4.40. The van der Waals surface area contributed by atoms with Crippen LogP contribution in [-0.2, 0) is 9.59 Å². The van der Waals surface area contributed by atoms with Crippen LogP contribution in [0.1, 0.15) is 25.7 Å². The fraction of sp³-hybridized carbons (Fsp3) is 0.867. The maximum absolute atomic E-state index is 12.8.